The number of benzene rings is 1. The average molecular weight is 319 g/mol. The highest BCUT2D eigenvalue weighted by molar-refractivity contribution is 7.89. The fourth-order valence-corrected chi connectivity index (χ4v) is 3.84. The maximum Gasteiger partial charge on any atom is 0.274 e. The molecule has 1 aromatic rings. The predicted molar refractivity (Wildman–Crippen MR) is 71.6 cm³/mol. The van der Waals surface area contributed by atoms with Crippen molar-refractivity contribution in [1.82, 2.24) is 4.31 Å². The smallest absolute Gasteiger partial charge is 0.274 e. The van der Waals surface area contributed by atoms with Crippen LogP contribution in [0.15, 0.2) is 17.0 Å². The van der Waals surface area contributed by atoms with Gasteiger partial charge >= 0.3 is 0 Å². The summed E-state index contributed by atoms with van der Waals surface area (Å²) in [4.78, 5) is 9.04. The summed E-state index contributed by atoms with van der Waals surface area (Å²) in [7, 11) is -2.69. The Bertz CT molecular complexity index is 655. The minimum Gasteiger partial charge on any atom is -0.397 e. The summed E-state index contributed by atoms with van der Waals surface area (Å²) in [5.41, 5.74) is 4.42. The van der Waals surface area contributed by atoms with Crippen molar-refractivity contribution in [2.75, 3.05) is 25.9 Å². The van der Waals surface area contributed by atoms with E-state index in [1.807, 2.05) is 0 Å². The predicted octanol–water partition coefficient (Wildman–Crippen LogP) is 0.726. The van der Waals surface area contributed by atoms with Crippen molar-refractivity contribution in [2.45, 2.75) is 17.4 Å². The molecule has 1 aliphatic rings. The van der Waals surface area contributed by atoms with Gasteiger partial charge < -0.3 is 10.5 Å². The minimum absolute atomic E-state index is 0.0920. The Hall–Kier alpha value is -1.78. The summed E-state index contributed by atoms with van der Waals surface area (Å²) in [5.74, 6) is -1.23. The first kappa shape index (κ1) is 15.6. The van der Waals surface area contributed by atoms with Gasteiger partial charge in [-0.2, -0.15) is 4.31 Å². The minimum atomic E-state index is -4.15. The molecule has 0 aromatic heterocycles. The quantitative estimate of drug-likeness (QED) is 0.497. The van der Waals surface area contributed by atoms with Crippen molar-refractivity contribution in [3.05, 3.63) is 28.1 Å². The van der Waals surface area contributed by atoms with Crippen LogP contribution in [0.3, 0.4) is 0 Å². The zero-order chi connectivity index (χ0) is 15.8. The molecule has 1 saturated heterocycles. The van der Waals surface area contributed by atoms with Gasteiger partial charge in [-0.05, 0) is 6.42 Å². The Labute approximate surface area is 120 Å². The SMILES string of the molecule is COC1CCN(S(=O)(=O)c2c(N)cc([N+](=O)[O-])cc2F)C1. The molecular formula is C11H14FN3O5S. The van der Waals surface area contributed by atoms with Crippen molar-refractivity contribution in [1.29, 1.82) is 0 Å². The van der Waals surface area contributed by atoms with E-state index in [4.69, 9.17) is 10.5 Å². The first-order valence-corrected chi connectivity index (χ1v) is 7.47. The lowest BCUT2D eigenvalue weighted by Crippen LogP contribution is -2.31. The first-order valence-electron chi connectivity index (χ1n) is 6.03. The van der Waals surface area contributed by atoms with E-state index in [1.165, 1.54) is 7.11 Å². The van der Waals surface area contributed by atoms with E-state index < -0.39 is 37.0 Å². The van der Waals surface area contributed by atoms with Crippen LogP contribution < -0.4 is 5.73 Å². The summed E-state index contributed by atoms with van der Waals surface area (Å²) in [6.45, 7) is 0.269. The third kappa shape index (κ3) is 2.82. The Kier molecular flexibility index (Phi) is 4.12. The Morgan fingerprint density at radius 1 is 1.52 bits per heavy atom. The molecule has 0 saturated carbocycles. The van der Waals surface area contributed by atoms with E-state index in [9.17, 15) is 22.9 Å². The molecule has 0 aliphatic carbocycles. The van der Waals surface area contributed by atoms with Crippen LogP contribution in [-0.2, 0) is 14.8 Å². The fraction of sp³-hybridized carbons (Fsp3) is 0.455. The van der Waals surface area contributed by atoms with Crippen molar-refractivity contribution in [3.63, 3.8) is 0 Å². The number of sulfonamides is 1. The number of methoxy groups -OCH3 is 1. The van der Waals surface area contributed by atoms with E-state index >= 15 is 0 Å². The molecule has 10 heteroatoms. The molecule has 0 amide bonds. The van der Waals surface area contributed by atoms with Crippen molar-refractivity contribution < 1.29 is 22.5 Å². The lowest BCUT2D eigenvalue weighted by Gasteiger charge is -2.17. The number of nitrogen functional groups attached to an aromatic ring is 1. The van der Waals surface area contributed by atoms with Crippen molar-refractivity contribution in [2.24, 2.45) is 0 Å². The van der Waals surface area contributed by atoms with Crippen LogP contribution >= 0.6 is 0 Å². The molecule has 2 rings (SSSR count). The summed E-state index contributed by atoms with van der Waals surface area (Å²) >= 11 is 0. The second-order valence-corrected chi connectivity index (χ2v) is 6.49. The van der Waals surface area contributed by atoms with Gasteiger partial charge in [0.05, 0.1) is 22.8 Å². The summed E-state index contributed by atoms with van der Waals surface area (Å²) in [6.07, 6.45) is 0.228. The lowest BCUT2D eigenvalue weighted by atomic mass is 10.3. The van der Waals surface area contributed by atoms with E-state index in [2.05, 4.69) is 0 Å². The van der Waals surface area contributed by atoms with Gasteiger partial charge in [0.25, 0.3) is 5.69 Å². The molecule has 0 bridgehead atoms. The van der Waals surface area contributed by atoms with Gasteiger partial charge in [0, 0.05) is 26.3 Å². The van der Waals surface area contributed by atoms with Gasteiger partial charge in [-0.1, -0.05) is 0 Å². The van der Waals surface area contributed by atoms with Crippen LogP contribution in [0.4, 0.5) is 15.8 Å². The molecule has 8 nitrogen and oxygen atoms in total. The van der Waals surface area contributed by atoms with E-state index in [0.29, 0.717) is 12.5 Å². The Morgan fingerprint density at radius 2 is 2.19 bits per heavy atom. The third-order valence-corrected chi connectivity index (χ3v) is 5.26. The van der Waals surface area contributed by atoms with Gasteiger partial charge in [0.15, 0.2) is 5.82 Å². The largest absolute Gasteiger partial charge is 0.397 e. The van der Waals surface area contributed by atoms with Crippen molar-refractivity contribution in [3.8, 4) is 0 Å². The number of non-ortho nitro benzene ring substituents is 1. The van der Waals surface area contributed by atoms with Gasteiger partial charge in [-0.3, -0.25) is 10.1 Å². The van der Waals surface area contributed by atoms with E-state index in [-0.39, 0.29) is 19.2 Å². The standard InChI is InChI=1S/C11H14FN3O5S/c1-20-8-2-3-14(6-8)21(18,19)11-9(12)4-7(15(16)17)5-10(11)13/h4-5,8H,2-3,6,13H2,1H3. The van der Waals surface area contributed by atoms with Gasteiger partial charge in [-0.25, -0.2) is 12.8 Å². The summed E-state index contributed by atoms with van der Waals surface area (Å²) in [6, 6.07) is 1.38. The molecule has 1 fully saturated rings. The number of hydrogen-bond acceptors (Lipinski definition) is 6. The fourth-order valence-electron chi connectivity index (χ4n) is 2.21. The highest BCUT2D eigenvalue weighted by atomic mass is 32.2. The number of nitrogens with zero attached hydrogens (tertiary/aromatic N) is 2. The maximum atomic E-state index is 14.0. The highest BCUT2D eigenvalue weighted by Gasteiger charge is 2.36. The molecule has 1 atom stereocenters. The van der Waals surface area contributed by atoms with Gasteiger partial charge in [-0.15, -0.1) is 0 Å². The number of nitro groups is 1. The number of nitrogens with two attached hydrogens (primary N) is 1. The number of hydrogen-bond donors (Lipinski definition) is 1. The van der Waals surface area contributed by atoms with E-state index in [1.54, 1.807) is 0 Å². The van der Waals surface area contributed by atoms with Gasteiger partial charge in [0.1, 0.15) is 4.90 Å². The summed E-state index contributed by atoms with van der Waals surface area (Å²) in [5, 5.41) is 10.6. The van der Waals surface area contributed by atoms with Crippen molar-refractivity contribution >= 4 is 21.4 Å². The number of anilines is 1. The second kappa shape index (κ2) is 5.54. The molecule has 0 radical (unpaired) electrons. The number of rotatable bonds is 4. The van der Waals surface area contributed by atoms with E-state index in [0.717, 1.165) is 10.4 Å². The molecule has 1 aliphatic heterocycles. The van der Waals surface area contributed by atoms with Crippen LogP contribution in [0.2, 0.25) is 0 Å². The molecule has 21 heavy (non-hydrogen) atoms. The second-order valence-electron chi connectivity index (χ2n) is 4.61. The monoisotopic (exact) mass is 319 g/mol. The zero-order valence-electron chi connectivity index (χ0n) is 11.2. The number of nitro benzene ring substituents is 1. The average Bonchev–Trinajstić information content (AvgIpc) is 2.86. The molecule has 1 aromatic carbocycles. The van der Waals surface area contributed by atoms with Crippen LogP contribution in [0.25, 0.3) is 0 Å². The van der Waals surface area contributed by atoms with Crippen LogP contribution in [0.5, 0.6) is 0 Å². The molecule has 0 spiro atoms. The lowest BCUT2D eigenvalue weighted by molar-refractivity contribution is -0.385. The van der Waals surface area contributed by atoms with Crippen LogP contribution in [-0.4, -0.2) is 43.9 Å². The maximum absolute atomic E-state index is 14.0. The van der Waals surface area contributed by atoms with Gasteiger partial charge in [0.2, 0.25) is 10.0 Å². The Balaban J connectivity index is 2.44. The van der Waals surface area contributed by atoms with Crippen LogP contribution in [0, 0.1) is 15.9 Å². The first-order chi connectivity index (χ1) is 9.77. The normalized spacial score (nSPS) is 19.8. The molecular weight excluding hydrogens is 305 g/mol. The highest BCUT2D eigenvalue weighted by Crippen LogP contribution is 2.31. The number of ether oxygens (including phenoxy) is 1. The third-order valence-electron chi connectivity index (χ3n) is 3.31. The molecule has 2 N–H and O–H groups in total. The zero-order valence-corrected chi connectivity index (χ0v) is 12.0. The molecule has 116 valence electrons. The topological polar surface area (TPSA) is 116 Å². The Morgan fingerprint density at radius 3 is 2.67 bits per heavy atom. The summed E-state index contributed by atoms with van der Waals surface area (Å²) < 4.78 is 44.9. The number of halogens is 1. The van der Waals surface area contributed by atoms with Crippen LogP contribution in [0.1, 0.15) is 6.42 Å². The molecule has 1 heterocycles. The molecule has 1 unspecified atom stereocenters.